The van der Waals surface area contributed by atoms with Crippen LogP contribution in [0.15, 0.2) is 0 Å². The zero-order chi connectivity index (χ0) is 8.65. The summed E-state index contributed by atoms with van der Waals surface area (Å²) in [6, 6.07) is 0. The molecule has 0 heteroatoms. The van der Waals surface area contributed by atoms with Gasteiger partial charge in [-0.3, -0.25) is 0 Å². The Bertz CT molecular complexity index is 125. The molecule has 0 amide bonds. The van der Waals surface area contributed by atoms with Crippen LogP contribution in [-0.2, 0) is 0 Å². The Morgan fingerprint density at radius 1 is 1.09 bits per heavy atom. The van der Waals surface area contributed by atoms with Crippen LogP contribution in [0.4, 0.5) is 0 Å². The first-order valence-corrected chi connectivity index (χ1v) is 4.99. The van der Waals surface area contributed by atoms with E-state index in [4.69, 9.17) is 0 Å². The lowest BCUT2D eigenvalue weighted by molar-refractivity contribution is 0.108. The molecular formula is C11H22. The smallest absolute Gasteiger partial charge is 0.0251 e. The molecular weight excluding hydrogens is 132 g/mol. The molecule has 0 aromatic carbocycles. The zero-order valence-electron chi connectivity index (χ0n) is 8.65. The van der Waals surface area contributed by atoms with Gasteiger partial charge in [0, 0.05) is 0 Å². The molecule has 0 radical (unpaired) electrons. The van der Waals surface area contributed by atoms with Gasteiger partial charge in [0.2, 0.25) is 0 Å². The Morgan fingerprint density at radius 3 is 1.64 bits per heavy atom. The normalized spacial score (nSPS) is 45.3. The van der Waals surface area contributed by atoms with Crippen molar-refractivity contribution in [3.8, 4) is 0 Å². The minimum atomic E-state index is 0.611. The number of hydrogen-bond acceptors (Lipinski definition) is 0. The molecule has 0 N–H and O–H groups in total. The topological polar surface area (TPSA) is 0 Å². The van der Waals surface area contributed by atoms with E-state index in [1.54, 1.807) is 0 Å². The lowest BCUT2D eigenvalue weighted by Gasteiger charge is -2.38. The van der Waals surface area contributed by atoms with Crippen molar-refractivity contribution in [2.75, 3.05) is 0 Å². The summed E-state index contributed by atoms with van der Waals surface area (Å²) in [6.07, 6.45) is 2.88. The Hall–Kier alpha value is 0. The van der Waals surface area contributed by atoms with Crippen LogP contribution in [0.5, 0.6) is 0 Å². The van der Waals surface area contributed by atoms with Gasteiger partial charge in [-0.25, -0.2) is 0 Å². The van der Waals surface area contributed by atoms with Gasteiger partial charge in [-0.15, -0.1) is 0 Å². The molecule has 0 spiro atoms. The Labute approximate surface area is 71.4 Å². The summed E-state index contributed by atoms with van der Waals surface area (Å²) in [6.45, 7) is 12.1. The molecule has 0 saturated heterocycles. The summed E-state index contributed by atoms with van der Waals surface area (Å²) in [5, 5.41) is 0. The van der Waals surface area contributed by atoms with Crippen molar-refractivity contribution in [3.05, 3.63) is 0 Å². The molecule has 0 heterocycles. The molecule has 66 valence electrons. The molecule has 2 unspecified atom stereocenters. The maximum Gasteiger partial charge on any atom is -0.0251 e. The van der Waals surface area contributed by atoms with Gasteiger partial charge in [-0.2, -0.15) is 0 Å². The lowest BCUT2D eigenvalue weighted by atomic mass is 9.67. The summed E-state index contributed by atoms with van der Waals surface area (Å²) in [5.74, 6) is 2.70. The average molecular weight is 154 g/mol. The van der Waals surface area contributed by atoms with Gasteiger partial charge in [-0.1, -0.05) is 34.6 Å². The highest BCUT2D eigenvalue weighted by molar-refractivity contribution is 4.92. The molecule has 0 nitrogen and oxygen atoms in total. The van der Waals surface area contributed by atoms with Crippen LogP contribution >= 0.6 is 0 Å². The first kappa shape index (κ1) is 9.09. The predicted octanol–water partition coefficient (Wildman–Crippen LogP) is 3.71. The Balaban J connectivity index is 2.80. The second kappa shape index (κ2) is 2.80. The van der Waals surface area contributed by atoms with Gasteiger partial charge in [0.1, 0.15) is 0 Å². The van der Waals surface area contributed by atoms with Crippen LogP contribution in [-0.4, -0.2) is 0 Å². The van der Waals surface area contributed by atoms with Crippen molar-refractivity contribution < 1.29 is 0 Å². The van der Waals surface area contributed by atoms with Crippen LogP contribution in [0.3, 0.4) is 0 Å². The minimum Gasteiger partial charge on any atom is -0.0622 e. The predicted molar refractivity (Wildman–Crippen MR) is 50.5 cm³/mol. The van der Waals surface area contributed by atoms with Crippen molar-refractivity contribution >= 4 is 0 Å². The van der Waals surface area contributed by atoms with E-state index in [1.807, 2.05) is 0 Å². The van der Waals surface area contributed by atoms with Gasteiger partial charge < -0.3 is 0 Å². The number of hydrogen-bond donors (Lipinski definition) is 0. The van der Waals surface area contributed by atoms with E-state index in [1.165, 1.54) is 12.8 Å². The minimum absolute atomic E-state index is 0.611. The third kappa shape index (κ3) is 1.21. The van der Waals surface area contributed by atoms with Gasteiger partial charge in [0.25, 0.3) is 0 Å². The monoisotopic (exact) mass is 154 g/mol. The van der Waals surface area contributed by atoms with Crippen molar-refractivity contribution in [1.82, 2.24) is 0 Å². The van der Waals surface area contributed by atoms with Crippen molar-refractivity contribution in [3.63, 3.8) is 0 Å². The molecule has 0 aliphatic heterocycles. The van der Waals surface area contributed by atoms with E-state index in [0.717, 1.165) is 17.8 Å². The average Bonchev–Trinajstić information content (AvgIpc) is 2.18. The summed E-state index contributed by atoms with van der Waals surface area (Å²) >= 11 is 0. The second-order valence-corrected chi connectivity index (χ2v) is 4.90. The highest BCUT2D eigenvalue weighted by Crippen LogP contribution is 2.51. The molecule has 0 aromatic rings. The van der Waals surface area contributed by atoms with Crippen molar-refractivity contribution in [1.29, 1.82) is 0 Å². The van der Waals surface area contributed by atoms with E-state index in [-0.39, 0.29) is 0 Å². The van der Waals surface area contributed by atoms with Crippen LogP contribution in [0.2, 0.25) is 0 Å². The lowest BCUT2D eigenvalue weighted by Crippen LogP contribution is -2.31. The molecule has 1 aliphatic carbocycles. The third-order valence-corrected chi connectivity index (χ3v) is 4.40. The summed E-state index contributed by atoms with van der Waals surface area (Å²) < 4.78 is 0. The molecule has 11 heavy (non-hydrogen) atoms. The van der Waals surface area contributed by atoms with E-state index >= 15 is 0 Å². The van der Waals surface area contributed by atoms with Crippen LogP contribution in [0, 0.1) is 23.2 Å². The van der Waals surface area contributed by atoms with Crippen LogP contribution < -0.4 is 0 Å². The van der Waals surface area contributed by atoms with Gasteiger partial charge in [0.15, 0.2) is 0 Å². The van der Waals surface area contributed by atoms with Crippen molar-refractivity contribution in [2.45, 2.75) is 47.5 Å². The molecule has 2 atom stereocenters. The fraction of sp³-hybridized carbons (Fsp3) is 1.00. The first-order chi connectivity index (χ1) is 4.99. The van der Waals surface area contributed by atoms with Crippen molar-refractivity contribution in [2.24, 2.45) is 23.2 Å². The molecule has 1 aliphatic rings. The zero-order valence-corrected chi connectivity index (χ0v) is 8.65. The van der Waals surface area contributed by atoms with E-state index in [2.05, 4.69) is 34.6 Å². The quantitative estimate of drug-likeness (QED) is 0.540. The van der Waals surface area contributed by atoms with Crippen LogP contribution in [0.25, 0.3) is 0 Å². The SMILES string of the molecule is CC(C)C1(C)C(C)CCC1C. The van der Waals surface area contributed by atoms with E-state index < -0.39 is 0 Å². The molecule has 1 rings (SSSR count). The molecule has 0 bridgehead atoms. The Morgan fingerprint density at radius 2 is 1.45 bits per heavy atom. The highest BCUT2D eigenvalue weighted by Gasteiger charge is 2.43. The first-order valence-electron chi connectivity index (χ1n) is 4.99. The van der Waals surface area contributed by atoms with Gasteiger partial charge >= 0.3 is 0 Å². The van der Waals surface area contributed by atoms with Gasteiger partial charge in [-0.05, 0) is 36.0 Å². The Kier molecular flexibility index (Phi) is 2.32. The second-order valence-electron chi connectivity index (χ2n) is 4.90. The number of rotatable bonds is 1. The third-order valence-electron chi connectivity index (χ3n) is 4.40. The van der Waals surface area contributed by atoms with E-state index in [0.29, 0.717) is 5.41 Å². The maximum absolute atomic E-state index is 2.47. The summed E-state index contributed by atoms with van der Waals surface area (Å²) in [4.78, 5) is 0. The largest absolute Gasteiger partial charge is 0.0622 e. The maximum atomic E-state index is 2.47. The fourth-order valence-electron chi connectivity index (χ4n) is 2.75. The van der Waals surface area contributed by atoms with E-state index in [9.17, 15) is 0 Å². The van der Waals surface area contributed by atoms with Gasteiger partial charge in [0.05, 0.1) is 0 Å². The molecule has 1 saturated carbocycles. The summed E-state index contributed by atoms with van der Waals surface area (Å²) in [7, 11) is 0. The fourth-order valence-corrected chi connectivity index (χ4v) is 2.75. The summed E-state index contributed by atoms with van der Waals surface area (Å²) in [5.41, 5.74) is 0.611. The molecule has 1 fully saturated rings. The standard InChI is InChI=1S/C11H22/c1-8(2)11(5)9(3)6-7-10(11)4/h8-10H,6-7H2,1-5H3. The highest BCUT2D eigenvalue weighted by atomic mass is 14.5. The molecule has 0 aromatic heterocycles. The van der Waals surface area contributed by atoms with Crippen LogP contribution in [0.1, 0.15) is 47.5 Å².